The first-order chi connectivity index (χ1) is 8.22. The van der Waals surface area contributed by atoms with Gasteiger partial charge in [-0.25, -0.2) is 0 Å². The third-order valence-electron chi connectivity index (χ3n) is 3.00. The van der Waals surface area contributed by atoms with Gasteiger partial charge in [0.1, 0.15) is 5.82 Å². The molecule has 0 aromatic carbocycles. The summed E-state index contributed by atoms with van der Waals surface area (Å²) < 4.78 is 0. The second-order valence-electron chi connectivity index (χ2n) is 4.36. The van der Waals surface area contributed by atoms with Crippen LogP contribution in [0.15, 0.2) is 4.79 Å². The molecule has 94 valence electrons. The summed E-state index contributed by atoms with van der Waals surface area (Å²) in [6.45, 7) is 1.98. The van der Waals surface area contributed by atoms with E-state index in [-0.39, 0.29) is 16.7 Å². The molecule has 4 nitrogen and oxygen atoms in total. The first-order valence-corrected chi connectivity index (χ1v) is 7.21. The molecule has 0 aliphatic carbocycles. The highest BCUT2D eigenvalue weighted by Gasteiger charge is 2.20. The average Bonchev–Trinajstić information content (AvgIpc) is 2.35. The molecule has 1 saturated heterocycles. The highest BCUT2D eigenvalue weighted by molar-refractivity contribution is 7.99. The molecule has 0 radical (unpaired) electrons. The molecule has 1 aromatic rings. The maximum atomic E-state index is 11.8. The van der Waals surface area contributed by atoms with Crippen LogP contribution in [0.3, 0.4) is 0 Å². The number of aromatic hydroxyl groups is 1. The van der Waals surface area contributed by atoms with Crippen molar-refractivity contribution in [3.05, 3.63) is 21.7 Å². The van der Waals surface area contributed by atoms with Crippen molar-refractivity contribution in [2.75, 3.05) is 5.75 Å². The van der Waals surface area contributed by atoms with Crippen molar-refractivity contribution in [1.82, 2.24) is 9.97 Å². The van der Waals surface area contributed by atoms with Crippen molar-refractivity contribution in [3.8, 4) is 5.88 Å². The lowest BCUT2D eigenvalue weighted by atomic mass is 10.1. The van der Waals surface area contributed by atoms with Crippen LogP contribution in [0.1, 0.15) is 49.2 Å². The van der Waals surface area contributed by atoms with Crippen LogP contribution in [-0.2, 0) is 6.42 Å². The average molecular weight is 254 g/mol. The lowest BCUT2D eigenvalue weighted by Crippen LogP contribution is -2.19. The molecule has 2 rings (SSSR count). The summed E-state index contributed by atoms with van der Waals surface area (Å²) in [4.78, 5) is 18.8. The fourth-order valence-electron chi connectivity index (χ4n) is 2.09. The van der Waals surface area contributed by atoms with Gasteiger partial charge in [0.05, 0.1) is 10.8 Å². The van der Waals surface area contributed by atoms with Crippen LogP contribution in [-0.4, -0.2) is 20.8 Å². The lowest BCUT2D eigenvalue weighted by Gasteiger charge is -2.20. The summed E-state index contributed by atoms with van der Waals surface area (Å²) in [5, 5.41) is 10.0. The zero-order valence-electron chi connectivity index (χ0n) is 10.0. The summed E-state index contributed by atoms with van der Waals surface area (Å²) in [6, 6.07) is 0. The van der Waals surface area contributed by atoms with Gasteiger partial charge in [-0.3, -0.25) is 4.79 Å². The molecular formula is C12H18N2O2S. The second kappa shape index (κ2) is 5.58. The van der Waals surface area contributed by atoms with Crippen molar-refractivity contribution in [3.63, 3.8) is 0 Å². The Morgan fingerprint density at radius 1 is 1.53 bits per heavy atom. The predicted molar refractivity (Wildman–Crippen MR) is 69.6 cm³/mol. The molecule has 2 heterocycles. The summed E-state index contributed by atoms with van der Waals surface area (Å²) in [5.74, 6) is 1.65. The van der Waals surface area contributed by atoms with Crippen molar-refractivity contribution < 1.29 is 5.11 Å². The number of hydrogen-bond donors (Lipinski definition) is 2. The van der Waals surface area contributed by atoms with Crippen molar-refractivity contribution in [1.29, 1.82) is 0 Å². The maximum Gasteiger partial charge on any atom is 0.257 e. The fraction of sp³-hybridized carbons (Fsp3) is 0.667. The molecule has 2 N–H and O–H groups in total. The number of H-pyrrole nitrogens is 1. The normalized spacial score (nSPS) is 20.4. The van der Waals surface area contributed by atoms with Gasteiger partial charge in [0, 0.05) is 0 Å². The van der Waals surface area contributed by atoms with Gasteiger partial charge >= 0.3 is 0 Å². The van der Waals surface area contributed by atoms with Crippen LogP contribution in [0, 0.1) is 0 Å². The number of nitrogens with zero attached hydrogens (tertiary/aromatic N) is 1. The molecule has 0 bridgehead atoms. The summed E-state index contributed by atoms with van der Waals surface area (Å²) >= 11 is 1.81. The molecule has 1 aromatic heterocycles. The Morgan fingerprint density at radius 3 is 2.94 bits per heavy atom. The number of aromatic nitrogens is 2. The topological polar surface area (TPSA) is 66.0 Å². The van der Waals surface area contributed by atoms with Gasteiger partial charge in [-0.2, -0.15) is 16.7 Å². The molecular weight excluding hydrogens is 236 g/mol. The van der Waals surface area contributed by atoms with E-state index in [1.807, 2.05) is 18.7 Å². The van der Waals surface area contributed by atoms with Crippen LogP contribution in [0.2, 0.25) is 0 Å². The number of rotatable bonds is 3. The Kier molecular flexibility index (Phi) is 4.10. The summed E-state index contributed by atoms with van der Waals surface area (Å²) in [6.07, 6.45) is 4.83. The van der Waals surface area contributed by atoms with Gasteiger partial charge in [-0.15, -0.1) is 0 Å². The van der Waals surface area contributed by atoms with Crippen LogP contribution in [0.5, 0.6) is 5.88 Å². The van der Waals surface area contributed by atoms with Crippen LogP contribution in [0.25, 0.3) is 0 Å². The first kappa shape index (κ1) is 12.5. The van der Waals surface area contributed by atoms with Crippen molar-refractivity contribution in [2.45, 2.75) is 44.3 Å². The zero-order chi connectivity index (χ0) is 12.3. The zero-order valence-corrected chi connectivity index (χ0v) is 10.8. The Morgan fingerprint density at radius 2 is 2.35 bits per heavy atom. The van der Waals surface area contributed by atoms with Gasteiger partial charge in [0.25, 0.3) is 5.56 Å². The number of thioether (sulfide) groups is 1. The van der Waals surface area contributed by atoms with Crippen LogP contribution in [0.4, 0.5) is 0 Å². The Labute approximate surface area is 105 Å². The SMILES string of the molecule is CCCc1c(O)nc(C2CCCCS2)[nH]c1=O. The lowest BCUT2D eigenvalue weighted by molar-refractivity contribution is 0.437. The number of aromatic amines is 1. The van der Waals surface area contributed by atoms with Gasteiger partial charge in [-0.1, -0.05) is 19.8 Å². The molecule has 5 heteroatoms. The second-order valence-corrected chi connectivity index (χ2v) is 5.67. The molecule has 1 aliphatic rings. The van der Waals surface area contributed by atoms with E-state index in [0.29, 0.717) is 17.8 Å². The highest BCUT2D eigenvalue weighted by Crippen LogP contribution is 2.36. The molecule has 17 heavy (non-hydrogen) atoms. The minimum absolute atomic E-state index is 0.0863. The molecule has 1 aliphatic heterocycles. The van der Waals surface area contributed by atoms with Crippen LogP contribution < -0.4 is 5.56 Å². The van der Waals surface area contributed by atoms with Gasteiger partial charge in [0.2, 0.25) is 5.88 Å². The molecule has 0 amide bonds. The molecule has 1 fully saturated rings. The third kappa shape index (κ3) is 2.83. The molecule has 0 saturated carbocycles. The van der Waals surface area contributed by atoms with Gasteiger partial charge in [-0.05, 0) is 25.0 Å². The molecule has 1 unspecified atom stereocenters. The van der Waals surface area contributed by atoms with Crippen LogP contribution >= 0.6 is 11.8 Å². The fourth-order valence-corrected chi connectivity index (χ4v) is 3.35. The molecule has 1 atom stereocenters. The van der Waals surface area contributed by atoms with E-state index in [4.69, 9.17) is 0 Å². The Bertz CT molecular complexity index is 439. The predicted octanol–water partition coefficient (Wildman–Crippen LogP) is 2.39. The van der Waals surface area contributed by atoms with E-state index in [9.17, 15) is 9.90 Å². The first-order valence-electron chi connectivity index (χ1n) is 6.16. The van der Waals surface area contributed by atoms with Crippen molar-refractivity contribution in [2.24, 2.45) is 0 Å². The standard InChI is InChI=1S/C12H18N2O2S/c1-2-5-8-11(15)13-10(14-12(8)16)9-6-3-4-7-17-9/h9H,2-7H2,1H3,(H2,13,14,15,16). The summed E-state index contributed by atoms with van der Waals surface area (Å²) in [5.41, 5.74) is 0.234. The van der Waals surface area contributed by atoms with Gasteiger partial charge in [0.15, 0.2) is 0 Å². The number of nitrogens with one attached hydrogen (secondary N) is 1. The van der Waals surface area contributed by atoms with E-state index in [1.54, 1.807) is 0 Å². The highest BCUT2D eigenvalue weighted by atomic mass is 32.2. The van der Waals surface area contributed by atoms with E-state index >= 15 is 0 Å². The quantitative estimate of drug-likeness (QED) is 0.869. The minimum Gasteiger partial charge on any atom is -0.493 e. The van der Waals surface area contributed by atoms with E-state index in [0.717, 1.165) is 18.6 Å². The Balaban J connectivity index is 2.27. The molecule has 0 spiro atoms. The largest absolute Gasteiger partial charge is 0.493 e. The van der Waals surface area contributed by atoms with E-state index in [1.165, 1.54) is 12.8 Å². The van der Waals surface area contributed by atoms with E-state index < -0.39 is 0 Å². The van der Waals surface area contributed by atoms with Crippen molar-refractivity contribution >= 4 is 11.8 Å². The third-order valence-corrected chi connectivity index (χ3v) is 4.38. The summed E-state index contributed by atoms with van der Waals surface area (Å²) in [7, 11) is 0. The minimum atomic E-state index is -0.180. The van der Waals surface area contributed by atoms with E-state index in [2.05, 4.69) is 9.97 Å². The smallest absolute Gasteiger partial charge is 0.257 e. The monoisotopic (exact) mass is 254 g/mol. The van der Waals surface area contributed by atoms with Gasteiger partial charge < -0.3 is 10.1 Å². The maximum absolute atomic E-state index is 11.8. The Hall–Kier alpha value is -0.970. The number of hydrogen-bond acceptors (Lipinski definition) is 4.